The Morgan fingerprint density at radius 1 is 1.11 bits per heavy atom. The second-order valence-corrected chi connectivity index (χ2v) is 3.98. The molecule has 0 spiro atoms. The van der Waals surface area contributed by atoms with Gasteiger partial charge in [-0.1, -0.05) is 30.4 Å². The Labute approximate surface area is 119 Å². The number of aliphatic imine (C=N–C) groups is 2. The summed E-state index contributed by atoms with van der Waals surface area (Å²) < 4.78 is 0. The van der Waals surface area contributed by atoms with Gasteiger partial charge in [-0.3, -0.25) is 0 Å². The van der Waals surface area contributed by atoms with Crippen LogP contribution in [-0.2, 0) is 0 Å². The highest BCUT2D eigenvalue weighted by molar-refractivity contribution is 5.94. The molecule has 19 heavy (non-hydrogen) atoms. The van der Waals surface area contributed by atoms with Gasteiger partial charge in [-0.2, -0.15) is 4.99 Å². The highest BCUT2D eigenvalue weighted by atomic mass is 35.5. The number of para-hydroxylation sites is 1. The summed E-state index contributed by atoms with van der Waals surface area (Å²) >= 11 is 0. The van der Waals surface area contributed by atoms with E-state index in [0.717, 1.165) is 25.2 Å². The number of hydrogen-bond donors (Lipinski definition) is 2. The predicted octanol–water partition coefficient (Wildman–Crippen LogP) is 1.63. The van der Waals surface area contributed by atoms with Crippen molar-refractivity contribution in [3.63, 3.8) is 0 Å². The Morgan fingerprint density at radius 2 is 1.84 bits per heavy atom. The van der Waals surface area contributed by atoms with E-state index in [2.05, 4.69) is 22.1 Å². The fraction of sp³-hybridized carbons (Fsp3) is 0.231. The van der Waals surface area contributed by atoms with Gasteiger partial charge in [0.25, 0.3) is 0 Å². The number of hydrogen-bond acceptors (Lipinski definition) is 1. The quantitative estimate of drug-likeness (QED) is 0.466. The van der Waals surface area contributed by atoms with Crippen LogP contribution < -0.4 is 11.5 Å². The molecule has 4 N–H and O–H groups in total. The molecule has 2 rings (SSSR count). The highest BCUT2D eigenvalue weighted by Crippen LogP contribution is 2.09. The van der Waals surface area contributed by atoms with Crippen molar-refractivity contribution in [2.75, 3.05) is 13.1 Å². The minimum atomic E-state index is 0. The van der Waals surface area contributed by atoms with Gasteiger partial charge in [0.2, 0.25) is 5.96 Å². The summed E-state index contributed by atoms with van der Waals surface area (Å²) in [6.07, 6.45) is 5.17. The monoisotopic (exact) mass is 279 g/mol. The van der Waals surface area contributed by atoms with Crippen molar-refractivity contribution in [1.82, 2.24) is 4.90 Å². The number of nitrogens with zero attached hydrogens (tertiary/aromatic N) is 3. The van der Waals surface area contributed by atoms with Crippen LogP contribution in [-0.4, -0.2) is 29.9 Å². The molecule has 0 amide bonds. The topological polar surface area (TPSA) is 80.0 Å². The molecule has 0 aliphatic carbocycles. The molecule has 0 fully saturated rings. The maximum absolute atomic E-state index is 5.88. The average Bonchev–Trinajstić information content (AvgIpc) is 2.40. The first-order chi connectivity index (χ1) is 8.75. The first kappa shape index (κ1) is 15.0. The molecule has 0 bridgehead atoms. The predicted molar refractivity (Wildman–Crippen MR) is 81.9 cm³/mol. The Bertz CT molecular complexity index is 481. The molecule has 0 saturated carbocycles. The number of nitrogens with two attached hydrogens (primary N) is 2. The molecule has 1 aromatic carbocycles. The molecule has 6 heteroatoms. The molecule has 0 unspecified atom stereocenters. The molecule has 1 heterocycles. The summed E-state index contributed by atoms with van der Waals surface area (Å²) in [5.41, 5.74) is 12.4. The Balaban J connectivity index is 0.00000180. The number of rotatable bonds is 1. The second kappa shape index (κ2) is 7.43. The van der Waals surface area contributed by atoms with Gasteiger partial charge in [0.15, 0.2) is 5.96 Å². The fourth-order valence-corrected chi connectivity index (χ4v) is 1.70. The van der Waals surface area contributed by atoms with Crippen molar-refractivity contribution in [1.29, 1.82) is 0 Å². The average molecular weight is 280 g/mol. The first-order valence-electron chi connectivity index (χ1n) is 5.89. The molecule has 1 aromatic rings. The lowest BCUT2D eigenvalue weighted by Crippen LogP contribution is -2.40. The molecule has 0 radical (unpaired) electrons. The summed E-state index contributed by atoms with van der Waals surface area (Å²) in [5.74, 6) is 0.588. The molecule has 0 aromatic heterocycles. The standard InChI is InChI=1S/C13H17N5.ClH/c14-12(16-11-7-3-1-4-8-11)17-13(15)18-9-5-2-6-10-18;/h1-5,7-8H,6,9-10H2,(H4,14,15,16,17);1H. The minimum Gasteiger partial charge on any atom is -0.369 e. The highest BCUT2D eigenvalue weighted by Gasteiger charge is 2.08. The molecule has 1 aliphatic heterocycles. The van der Waals surface area contributed by atoms with Crippen molar-refractivity contribution in [3.05, 3.63) is 42.5 Å². The second-order valence-electron chi connectivity index (χ2n) is 3.98. The third-order valence-corrected chi connectivity index (χ3v) is 2.61. The summed E-state index contributed by atoms with van der Waals surface area (Å²) in [4.78, 5) is 10.3. The van der Waals surface area contributed by atoms with E-state index in [1.165, 1.54) is 0 Å². The first-order valence-corrected chi connectivity index (χ1v) is 5.89. The van der Waals surface area contributed by atoms with Crippen LogP contribution in [0.4, 0.5) is 5.69 Å². The lowest BCUT2D eigenvalue weighted by Gasteiger charge is -2.23. The van der Waals surface area contributed by atoms with Gasteiger partial charge in [0, 0.05) is 13.1 Å². The zero-order chi connectivity index (χ0) is 12.8. The zero-order valence-electron chi connectivity index (χ0n) is 10.6. The van der Waals surface area contributed by atoms with E-state index in [-0.39, 0.29) is 18.4 Å². The zero-order valence-corrected chi connectivity index (χ0v) is 11.4. The smallest absolute Gasteiger partial charge is 0.223 e. The van der Waals surface area contributed by atoms with Gasteiger partial charge in [0.1, 0.15) is 0 Å². The fourth-order valence-electron chi connectivity index (χ4n) is 1.70. The number of halogens is 1. The van der Waals surface area contributed by atoms with E-state index in [9.17, 15) is 0 Å². The molecular formula is C13H18ClN5. The largest absolute Gasteiger partial charge is 0.369 e. The van der Waals surface area contributed by atoms with Crippen LogP contribution in [0.2, 0.25) is 0 Å². The van der Waals surface area contributed by atoms with E-state index < -0.39 is 0 Å². The van der Waals surface area contributed by atoms with Gasteiger partial charge in [-0.15, -0.1) is 12.4 Å². The molecule has 0 atom stereocenters. The summed E-state index contributed by atoms with van der Waals surface area (Å²) in [7, 11) is 0. The summed E-state index contributed by atoms with van der Waals surface area (Å²) in [5, 5.41) is 0. The molecule has 0 saturated heterocycles. The SMILES string of the molecule is Cl.NC(=Nc1ccccc1)N=C(N)N1CC=CCC1. The molecular weight excluding hydrogens is 262 g/mol. The third kappa shape index (κ3) is 4.63. The van der Waals surface area contributed by atoms with Crippen LogP contribution in [0.1, 0.15) is 6.42 Å². The number of benzene rings is 1. The summed E-state index contributed by atoms with van der Waals surface area (Å²) in [6, 6.07) is 9.44. The minimum absolute atomic E-state index is 0. The van der Waals surface area contributed by atoms with Crippen LogP contribution in [0.25, 0.3) is 0 Å². The van der Waals surface area contributed by atoms with Gasteiger partial charge < -0.3 is 16.4 Å². The van der Waals surface area contributed by atoms with E-state index in [0.29, 0.717) is 5.96 Å². The normalized spacial score (nSPS) is 16.1. The maximum Gasteiger partial charge on any atom is 0.223 e. The van der Waals surface area contributed by atoms with E-state index in [1.807, 2.05) is 35.2 Å². The van der Waals surface area contributed by atoms with Crippen molar-refractivity contribution >= 4 is 30.0 Å². The Hall–Kier alpha value is -2.01. The number of guanidine groups is 2. The van der Waals surface area contributed by atoms with Crippen molar-refractivity contribution in [2.24, 2.45) is 21.5 Å². The van der Waals surface area contributed by atoms with E-state index >= 15 is 0 Å². The van der Waals surface area contributed by atoms with Crippen LogP contribution in [0, 0.1) is 0 Å². The maximum atomic E-state index is 5.88. The summed E-state index contributed by atoms with van der Waals surface area (Å²) in [6.45, 7) is 1.64. The third-order valence-electron chi connectivity index (χ3n) is 2.61. The van der Waals surface area contributed by atoms with Gasteiger partial charge in [0.05, 0.1) is 5.69 Å². The van der Waals surface area contributed by atoms with Crippen molar-refractivity contribution < 1.29 is 0 Å². The lowest BCUT2D eigenvalue weighted by molar-refractivity contribution is 0.450. The van der Waals surface area contributed by atoms with Crippen molar-refractivity contribution in [3.8, 4) is 0 Å². The van der Waals surface area contributed by atoms with Crippen LogP contribution >= 0.6 is 12.4 Å². The van der Waals surface area contributed by atoms with Crippen LogP contribution in [0.5, 0.6) is 0 Å². The molecule has 102 valence electrons. The molecule has 1 aliphatic rings. The molecule has 5 nitrogen and oxygen atoms in total. The van der Waals surface area contributed by atoms with Crippen LogP contribution in [0.3, 0.4) is 0 Å². The van der Waals surface area contributed by atoms with Crippen LogP contribution in [0.15, 0.2) is 52.5 Å². The Kier molecular flexibility index (Phi) is 5.89. The van der Waals surface area contributed by atoms with Gasteiger partial charge >= 0.3 is 0 Å². The van der Waals surface area contributed by atoms with Crippen molar-refractivity contribution in [2.45, 2.75) is 6.42 Å². The van der Waals surface area contributed by atoms with Gasteiger partial charge in [-0.05, 0) is 18.6 Å². The Morgan fingerprint density at radius 3 is 2.47 bits per heavy atom. The van der Waals surface area contributed by atoms with E-state index in [1.54, 1.807) is 0 Å². The van der Waals surface area contributed by atoms with E-state index in [4.69, 9.17) is 11.5 Å². The lowest BCUT2D eigenvalue weighted by atomic mass is 10.3. The van der Waals surface area contributed by atoms with Gasteiger partial charge in [-0.25, -0.2) is 4.99 Å².